The molecule has 4 amide bonds. The van der Waals surface area contributed by atoms with E-state index in [1.165, 1.54) is 6.08 Å². The van der Waals surface area contributed by atoms with E-state index in [1.54, 1.807) is 4.90 Å². The van der Waals surface area contributed by atoms with Crippen LogP contribution in [0.2, 0.25) is 0 Å². The van der Waals surface area contributed by atoms with Crippen LogP contribution in [-0.4, -0.2) is 72.3 Å². The molecule has 1 aliphatic heterocycles. The maximum absolute atomic E-state index is 14.2. The van der Waals surface area contributed by atoms with Crippen molar-refractivity contribution in [3.63, 3.8) is 0 Å². The van der Waals surface area contributed by atoms with Gasteiger partial charge in [-0.15, -0.1) is 6.58 Å². The Labute approximate surface area is 238 Å². The minimum Gasteiger partial charge on any atom is -0.449 e. The van der Waals surface area contributed by atoms with E-state index in [4.69, 9.17) is 4.74 Å². The molecule has 0 aromatic rings. The maximum atomic E-state index is 14.2. The van der Waals surface area contributed by atoms with E-state index in [0.29, 0.717) is 31.2 Å². The van der Waals surface area contributed by atoms with Gasteiger partial charge in [-0.1, -0.05) is 54.0 Å². The third-order valence-electron chi connectivity index (χ3n) is 8.58. The molecule has 2 aliphatic carbocycles. The summed E-state index contributed by atoms with van der Waals surface area (Å²) in [6.07, 6.45) is 4.86. The van der Waals surface area contributed by atoms with Crippen molar-refractivity contribution < 1.29 is 28.7 Å². The van der Waals surface area contributed by atoms with Gasteiger partial charge >= 0.3 is 6.09 Å². The molecule has 2 saturated carbocycles. The number of Topliss-reactive ketones (excluding diaryl/α,β-unsaturated/α-hetero) is 1. The Bertz CT molecular complexity index is 989. The third-order valence-corrected chi connectivity index (χ3v) is 8.58. The predicted octanol–water partition coefficient (Wildman–Crippen LogP) is 2.81. The number of carbonyl (C=O) groups is 5. The zero-order chi connectivity index (χ0) is 29.8. The molecule has 1 saturated heterocycles. The first-order chi connectivity index (χ1) is 18.8. The molecule has 0 aromatic carbocycles. The highest BCUT2D eigenvalue weighted by atomic mass is 16.5. The summed E-state index contributed by atoms with van der Waals surface area (Å²) in [5, 5.41) is 8.10. The summed E-state index contributed by atoms with van der Waals surface area (Å²) in [6, 6.07) is -2.66. The SMILES string of the molecule is C=CCNC(=O)C(=O)C(CCC)NC(=O)[C@@H]1[C@H]2[C@@H]3CC[C@@H](C3)[C@H]2CN1C(=O)[C@@H](NC(=O)OCC(C)C)C(C)(C)C. The summed E-state index contributed by atoms with van der Waals surface area (Å²) >= 11 is 0. The van der Waals surface area contributed by atoms with Gasteiger partial charge in [0.2, 0.25) is 17.6 Å². The first kappa shape index (κ1) is 31.6. The molecule has 10 heteroatoms. The number of nitrogens with one attached hydrogen (secondary N) is 3. The molecular formula is C30H48N4O6. The summed E-state index contributed by atoms with van der Waals surface area (Å²) in [7, 11) is 0. The van der Waals surface area contributed by atoms with Gasteiger partial charge in [0.1, 0.15) is 12.1 Å². The number of hydrogen-bond donors (Lipinski definition) is 3. The third kappa shape index (κ3) is 7.04. The van der Waals surface area contributed by atoms with Crippen LogP contribution in [0.5, 0.6) is 0 Å². The number of ether oxygens (including phenoxy) is 1. The Kier molecular flexibility index (Phi) is 10.4. The van der Waals surface area contributed by atoms with Crippen molar-refractivity contribution in [2.24, 2.45) is 35.0 Å². The Morgan fingerprint density at radius 1 is 1.07 bits per heavy atom. The van der Waals surface area contributed by atoms with Gasteiger partial charge in [0.05, 0.1) is 12.6 Å². The lowest BCUT2D eigenvalue weighted by atomic mass is 9.78. The van der Waals surface area contributed by atoms with Crippen molar-refractivity contribution in [2.45, 2.75) is 91.8 Å². The van der Waals surface area contributed by atoms with Crippen LogP contribution in [0, 0.1) is 35.0 Å². The summed E-state index contributed by atoms with van der Waals surface area (Å²) in [5.74, 6) is -1.10. The van der Waals surface area contributed by atoms with Crippen LogP contribution in [-0.2, 0) is 23.9 Å². The number of alkyl carbamates (subject to hydrolysis) is 1. The number of hydrogen-bond acceptors (Lipinski definition) is 6. The van der Waals surface area contributed by atoms with Gasteiger partial charge in [-0.3, -0.25) is 19.2 Å². The number of rotatable bonds is 12. The lowest BCUT2D eigenvalue weighted by Gasteiger charge is -2.37. The molecule has 224 valence electrons. The van der Waals surface area contributed by atoms with Gasteiger partial charge in [0.15, 0.2) is 0 Å². The second kappa shape index (κ2) is 13.2. The van der Waals surface area contributed by atoms with Crippen molar-refractivity contribution in [1.29, 1.82) is 0 Å². The normalized spacial score (nSPS) is 26.6. The lowest BCUT2D eigenvalue weighted by Crippen LogP contribution is -2.60. The second-order valence-corrected chi connectivity index (χ2v) is 13.2. The molecule has 1 heterocycles. The van der Waals surface area contributed by atoms with Crippen LogP contribution in [0.3, 0.4) is 0 Å². The van der Waals surface area contributed by atoms with E-state index in [-0.39, 0.29) is 36.8 Å². The van der Waals surface area contributed by atoms with Crippen LogP contribution in [0.25, 0.3) is 0 Å². The van der Waals surface area contributed by atoms with Gasteiger partial charge in [-0.25, -0.2) is 4.79 Å². The van der Waals surface area contributed by atoms with Gasteiger partial charge < -0.3 is 25.6 Å². The van der Waals surface area contributed by atoms with Crippen molar-refractivity contribution in [2.75, 3.05) is 19.7 Å². The molecule has 40 heavy (non-hydrogen) atoms. The smallest absolute Gasteiger partial charge is 0.407 e. The van der Waals surface area contributed by atoms with Crippen LogP contribution >= 0.6 is 0 Å². The van der Waals surface area contributed by atoms with Gasteiger partial charge in [-0.2, -0.15) is 0 Å². The lowest BCUT2D eigenvalue weighted by molar-refractivity contribution is -0.145. The minimum atomic E-state index is -0.987. The number of carbonyl (C=O) groups excluding carboxylic acids is 5. The van der Waals surface area contributed by atoms with Crippen LogP contribution in [0.4, 0.5) is 4.79 Å². The minimum absolute atomic E-state index is 0.0109. The summed E-state index contributed by atoms with van der Waals surface area (Å²) in [5.41, 5.74) is -0.643. The fourth-order valence-corrected chi connectivity index (χ4v) is 6.75. The monoisotopic (exact) mass is 560 g/mol. The largest absolute Gasteiger partial charge is 0.449 e. The van der Waals surface area contributed by atoms with Crippen LogP contribution in [0.1, 0.15) is 73.6 Å². The zero-order valence-electron chi connectivity index (χ0n) is 25.0. The van der Waals surface area contributed by atoms with E-state index >= 15 is 0 Å². The topological polar surface area (TPSA) is 134 Å². The Balaban J connectivity index is 1.86. The Morgan fingerprint density at radius 3 is 2.35 bits per heavy atom. The fraction of sp³-hybridized carbons (Fsp3) is 0.767. The van der Waals surface area contributed by atoms with Crippen molar-refractivity contribution in [3.05, 3.63) is 12.7 Å². The Hall–Kier alpha value is -2.91. The van der Waals surface area contributed by atoms with Gasteiger partial charge in [0.25, 0.3) is 5.91 Å². The number of amides is 4. The van der Waals surface area contributed by atoms with E-state index in [0.717, 1.165) is 19.3 Å². The van der Waals surface area contributed by atoms with E-state index in [2.05, 4.69) is 22.5 Å². The van der Waals surface area contributed by atoms with Crippen LogP contribution in [0.15, 0.2) is 12.7 Å². The first-order valence-corrected chi connectivity index (χ1v) is 14.8. The highest BCUT2D eigenvalue weighted by Gasteiger charge is 2.60. The number of nitrogens with zero attached hydrogens (tertiary/aromatic N) is 1. The summed E-state index contributed by atoms with van der Waals surface area (Å²) in [4.78, 5) is 67.7. The molecule has 10 nitrogen and oxygen atoms in total. The quantitative estimate of drug-likeness (QED) is 0.248. The Morgan fingerprint density at radius 2 is 1.75 bits per heavy atom. The molecule has 0 radical (unpaired) electrons. The van der Waals surface area contributed by atoms with E-state index in [9.17, 15) is 24.0 Å². The molecule has 1 unspecified atom stereocenters. The average Bonchev–Trinajstić information content (AvgIpc) is 3.60. The molecule has 2 bridgehead atoms. The molecule has 7 atom stereocenters. The number of ketones is 1. The molecule has 0 aromatic heterocycles. The molecule has 3 aliphatic rings. The fourth-order valence-electron chi connectivity index (χ4n) is 6.75. The van der Waals surface area contributed by atoms with Gasteiger partial charge in [-0.05, 0) is 60.7 Å². The highest BCUT2D eigenvalue weighted by Crippen LogP contribution is 2.57. The molecule has 3 N–H and O–H groups in total. The molecule has 3 fully saturated rings. The summed E-state index contributed by atoms with van der Waals surface area (Å²) in [6.45, 7) is 15.7. The summed E-state index contributed by atoms with van der Waals surface area (Å²) < 4.78 is 5.31. The average molecular weight is 561 g/mol. The molecule has 0 spiro atoms. The maximum Gasteiger partial charge on any atom is 0.407 e. The van der Waals surface area contributed by atoms with Crippen molar-refractivity contribution in [3.8, 4) is 0 Å². The van der Waals surface area contributed by atoms with E-state index in [1.807, 2.05) is 41.5 Å². The van der Waals surface area contributed by atoms with Crippen molar-refractivity contribution >= 4 is 29.6 Å². The highest BCUT2D eigenvalue weighted by molar-refractivity contribution is 6.38. The second-order valence-electron chi connectivity index (χ2n) is 13.2. The van der Waals surface area contributed by atoms with Gasteiger partial charge in [0, 0.05) is 13.1 Å². The molecular weight excluding hydrogens is 512 g/mol. The van der Waals surface area contributed by atoms with Crippen LogP contribution < -0.4 is 16.0 Å². The molecule has 3 rings (SSSR count). The number of likely N-dealkylation sites (tertiary alicyclic amines) is 1. The number of fused-ring (bicyclic) bond motifs is 5. The standard InChI is InChI=1S/C30H48N4O6/c1-8-10-21(24(35)27(37)31-13-9-2)32-26(36)23-22-19-12-11-18(14-19)20(22)15-34(23)28(38)25(30(5,6)7)33-29(39)40-16-17(3)4/h9,17-23,25H,2,8,10-16H2,1,3-7H3,(H,31,37)(H,32,36)(H,33,39)/t18-,19+,20+,21?,22-,23-,25+/m0/s1. The van der Waals surface area contributed by atoms with Crippen molar-refractivity contribution in [1.82, 2.24) is 20.9 Å². The zero-order valence-corrected chi connectivity index (χ0v) is 25.0. The predicted molar refractivity (Wildman–Crippen MR) is 151 cm³/mol. The van der Waals surface area contributed by atoms with E-state index < -0.39 is 47.2 Å². The first-order valence-electron chi connectivity index (χ1n) is 14.8.